The van der Waals surface area contributed by atoms with Crippen LogP contribution in [0.25, 0.3) is 44.8 Å². The molecule has 43 heavy (non-hydrogen) atoms. The quantitative estimate of drug-likeness (QED) is 0.241. The number of aromatic amines is 1. The van der Waals surface area contributed by atoms with E-state index in [4.69, 9.17) is 9.51 Å². The topological polar surface area (TPSA) is 114 Å². The molecule has 2 aromatic carbocycles. The number of pyridine rings is 2. The van der Waals surface area contributed by atoms with E-state index in [1.54, 1.807) is 18.5 Å². The highest BCUT2D eigenvalue weighted by Crippen LogP contribution is 2.33. The Bertz CT molecular complexity index is 1840. The van der Waals surface area contributed by atoms with Gasteiger partial charge in [-0.25, -0.2) is 15.0 Å². The van der Waals surface area contributed by atoms with Gasteiger partial charge >= 0.3 is 0 Å². The number of piperidine rings is 1. The Morgan fingerprint density at radius 1 is 0.930 bits per heavy atom. The van der Waals surface area contributed by atoms with Gasteiger partial charge in [-0.3, -0.25) is 9.69 Å². The fourth-order valence-electron chi connectivity index (χ4n) is 5.46. The highest BCUT2D eigenvalue weighted by atomic mass is 16.5. The van der Waals surface area contributed by atoms with Crippen molar-refractivity contribution in [1.29, 1.82) is 0 Å². The molecule has 1 N–H and O–H groups in total. The fourth-order valence-corrected chi connectivity index (χ4v) is 5.46. The van der Waals surface area contributed by atoms with Gasteiger partial charge in [0.1, 0.15) is 12.0 Å². The van der Waals surface area contributed by atoms with E-state index in [2.05, 4.69) is 54.3 Å². The zero-order valence-corrected chi connectivity index (χ0v) is 24.3. The summed E-state index contributed by atoms with van der Waals surface area (Å²) in [5.74, 6) is 1.44. The second kappa shape index (κ2) is 12.9. The summed E-state index contributed by atoms with van der Waals surface area (Å²) >= 11 is 0. The predicted octanol–water partition coefficient (Wildman–Crippen LogP) is 6.50. The van der Waals surface area contributed by atoms with Gasteiger partial charge in [0, 0.05) is 36.0 Å². The molecule has 6 aromatic rings. The third-order valence-electron chi connectivity index (χ3n) is 7.66. The summed E-state index contributed by atoms with van der Waals surface area (Å²) in [6, 6.07) is 24.3. The van der Waals surface area contributed by atoms with E-state index in [0.29, 0.717) is 28.3 Å². The van der Waals surface area contributed by atoms with Gasteiger partial charge < -0.3 is 9.51 Å². The lowest BCUT2D eigenvalue weighted by atomic mass is 9.95. The molecule has 0 unspecified atom stereocenters. The lowest BCUT2D eigenvalue weighted by Gasteiger charge is -2.30. The average Bonchev–Trinajstić information content (AvgIpc) is 3.58. The molecule has 1 fully saturated rings. The van der Waals surface area contributed by atoms with E-state index >= 15 is 0 Å². The third-order valence-corrected chi connectivity index (χ3v) is 7.66. The van der Waals surface area contributed by atoms with Gasteiger partial charge in [-0.1, -0.05) is 73.6 Å². The van der Waals surface area contributed by atoms with Crippen molar-refractivity contribution in [2.24, 2.45) is 0 Å². The molecule has 0 radical (unpaired) electrons. The minimum Gasteiger partial charge on any atom is -0.339 e. The predicted molar refractivity (Wildman–Crippen MR) is 167 cm³/mol. The Hall–Kier alpha value is -5.02. The van der Waals surface area contributed by atoms with Crippen LogP contribution >= 0.6 is 0 Å². The lowest BCUT2D eigenvalue weighted by molar-refractivity contribution is 0.187. The summed E-state index contributed by atoms with van der Waals surface area (Å²) < 4.78 is 5.58. The van der Waals surface area contributed by atoms with Crippen LogP contribution in [0.1, 0.15) is 44.1 Å². The van der Waals surface area contributed by atoms with Crippen LogP contribution in [0, 0.1) is 0 Å². The van der Waals surface area contributed by atoms with E-state index in [1.807, 2.05) is 56.3 Å². The molecule has 1 saturated heterocycles. The first-order valence-corrected chi connectivity index (χ1v) is 14.7. The smallest absolute Gasteiger partial charge is 0.257 e. The number of hydrogen-bond acceptors (Lipinski definition) is 8. The van der Waals surface area contributed by atoms with Crippen molar-refractivity contribution in [2.45, 2.75) is 39.2 Å². The van der Waals surface area contributed by atoms with E-state index < -0.39 is 0 Å². The largest absolute Gasteiger partial charge is 0.339 e. The molecule has 1 aliphatic heterocycles. The summed E-state index contributed by atoms with van der Waals surface area (Å²) in [5, 5.41) is 4.70. The van der Waals surface area contributed by atoms with Crippen LogP contribution < -0.4 is 5.56 Å². The van der Waals surface area contributed by atoms with E-state index in [0.717, 1.165) is 54.9 Å². The van der Waals surface area contributed by atoms with Gasteiger partial charge in [0.15, 0.2) is 0 Å². The number of nitrogens with zero attached hydrogens (tertiary/aromatic N) is 6. The van der Waals surface area contributed by atoms with E-state index in [-0.39, 0.29) is 11.5 Å². The van der Waals surface area contributed by atoms with Crippen molar-refractivity contribution in [3.8, 4) is 33.9 Å². The number of aromatic nitrogens is 6. The number of rotatable bonds is 6. The summed E-state index contributed by atoms with van der Waals surface area (Å²) in [7, 11) is 0. The van der Waals surface area contributed by atoms with Crippen LogP contribution in [0.4, 0.5) is 0 Å². The number of hydrogen-bond donors (Lipinski definition) is 1. The lowest BCUT2D eigenvalue weighted by Crippen LogP contribution is -2.32. The summed E-state index contributed by atoms with van der Waals surface area (Å²) in [4.78, 5) is 35.4. The van der Waals surface area contributed by atoms with Gasteiger partial charge in [0.25, 0.3) is 5.56 Å². The maximum absolute atomic E-state index is 12.5. The van der Waals surface area contributed by atoms with Gasteiger partial charge in [-0.05, 0) is 55.3 Å². The minimum atomic E-state index is -0.136. The molecular weight excluding hydrogens is 538 g/mol. The normalized spacial score (nSPS) is 13.9. The first kappa shape index (κ1) is 28.1. The van der Waals surface area contributed by atoms with Crippen molar-refractivity contribution in [3.63, 3.8) is 0 Å². The van der Waals surface area contributed by atoms with Crippen LogP contribution in [-0.2, 0) is 6.54 Å². The SMILES string of the molecule is CC.O=c1[nH]ccc2nc(-c3ccc(CN4CCC(c5nc(-c6ccncn6)no5)CC4)cc3)c(-c3ccccc3)cc12. The number of likely N-dealkylation sites (tertiary alicyclic amines) is 1. The van der Waals surface area contributed by atoms with Crippen LogP contribution in [-0.4, -0.2) is 48.1 Å². The molecule has 7 rings (SSSR count). The van der Waals surface area contributed by atoms with Crippen LogP contribution in [0.15, 0.2) is 101 Å². The van der Waals surface area contributed by atoms with Crippen molar-refractivity contribution >= 4 is 10.9 Å². The first-order chi connectivity index (χ1) is 21.2. The van der Waals surface area contributed by atoms with Gasteiger partial charge in [0.2, 0.25) is 11.7 Å². The van der Waals surface area contributed by atoms with Gasteiger partial charge in [-0.15, -0.1) is 0 Å². The molecule has 5 heterocycles. The highest BCUT2D eigenvalue weighted by molar-refractivity contribution is 5.91. The Morgan fingerprint density at radius 3 is 2.47 bits per heavy atom. The van der Waals surface area contributed by atoms with E-state index in [1.165, 1.54) is 11.9 Å². The summed E-state index contributed by atoms with van der Waals surface area (Å²) in [6.07, 6.45) is 6.73. The molecule has 0 spiro atoms. The van der Waals surface area contributed by atoms with Crippen molar-refractivity contribution < 1.29 is 4.52 Å². The molecular formula is C34H33N7O2. The second-order valence-electron chi connectivity index (χ2n) is 10.3. The van der Waals surface area contributed by atoms with E-state index in [9.17, 15) is 4.79 Å². The van der Waals surface area contributed by atoms with Crippen molar-refractivity contribution in [1.82, 2.24) is 35.0 Å². The first-order valence-electron chi connectivity index (χ1n) is 14.7. The number of fused-ring (bicyclic) bond motifs is 1. The molecule has 1 aliphatic rings. The van der Waals surface area contributed by atoms with Crippen LogP contribution in [0.5, 0.6) is 0 Å². The number of benzene rings is 2. The molecule has 0 aliphatic carbocycles. The third kappa shape index (κ3) is 6.12. The monoisotopic (exact) mass is 571 g/mol. The summed E-state index contributed by atoms with van der Waals surface area (Å²) in [5.41, 5.74) is 6.30. The molecule has 4 aromatic heterocycles. The molecule has 216 valence electrons. The molecule has 9 heteroatoms. The fraction of sp³-hybridized carbons (Fsp3) is 0.235. The highest BCUT2D eigenvalue weighted by Gasteiger charge is 2.26. The molecule has 0 amide bonds. The summed E-state index contributed by atoms with van der Waals surface area (Å²) in [6.45, 7) is 6.78. The van der Waals surface area contributed by atoms with Crippen molar-refractivity contribution in [3.05, 3.63) is 113 Å². The standard InChI is InChI=1S/C32H27N7O2.C2H6/c40-31-26-18-25(22-4-2-1-3-5-22)29(36-27(26)11-15-34-31)23-8-6-21(7-9-23)19-39-16-12-24(13-17-39)32-37-30(38-41-32)28-10-14-33-20-35-28;1-2/h1-11,14-15,18,20,24H,12-13,16-17,19H2,(H,34,40);1-2H3. The van der Waals surface area contributed by atoms with Crippen LogP contribution in [0.2, 0.25) is 0 Å². The maximum atomic E-state index is 12.5. The second-order valence-corrected chi connectivity index (χ2v) is 10.3. The number of nitrogens with one attached hydrogen (secondary N) is 1. The maximum Gasteiger partial charge on any atom is 0.257 e. The zero-order chi connectivity index (χ0) is 29.6. The Balaban J connectivity index is 0.00000161. The number of H-pyrrole nitrogens is 1. The molecule has 9 nitrogen and oxygen atoms in total. The zero-order valence-electron chi connectivity index (χ0n) is 24.3. The van der Waals surface area contributed by atoms with Crippen molar-refractivity contribution in [2.75, 3.05) is 13.1 Å². The Kier molecular flexibility index (Phi) is 8.42. The molecule has 0 saturated carbocycles. The van der Waals surface area contributed by atoms with Crippen LogP contribution in [0.3, 0.4) is 0 Å². The Labute approximate surface area is 249 Å². The average molecular weight is 572 g/mol. The molecule has 0 atom stereocenters. The van der Waals surface area contributed by atoms with Gasteiger partial charge in [-0.2, -0.15) is 4.98 Å². The minimum absolute atomic E-state index is 0.136. The Morgan fingerprint density at radius 2 is 1.72 bits per heavy atom. The molecule has 0 bridgehead atoms. The van der Waals surface area contributed by atoms with Gasteiger partial charge in [0.05, 0.1) is 16.6 Å².